The molecule has 4 rings (SSSR count). The van der Waals surface area contributed by atoms with Gasteiger partial charge in [-0.1, -0.05) is 23.5 Å². The number of non-ortho nitro benzene ring substituents is 1. The van der Waals surface area contributed by atoms with Gasteiger partial charge in [0.05, 0.1) is 15.1 Å². The van der Waals surface area contributed by atoms with Crippen LogP contribution in [0.1, 0.15) is 47.2 Å². The van der Waals surface area contributed by atoms with Crippen molar-refractivity contribution >= 4 is 44.1 Å². The molecule has 1 aliphatic carbocycles. The lowest BCUT2D eigenvalue weighted by atomic mass is 9.89. The Labute approximate surface area is 170 Å². The molecule has 7 nitrogen and oxygen atoms in total. The maximum absolute atomic E-state index is 12.5. The quantitative estimate of drug-likeness (QED) is 0.362. The summed E-state index contributed by atoms with van der Waals surface area (Å²) < 4.78 is 0.625. The van der Waals surface area contributed by atoms with Crippen LogP contribution in [-0.4, -0.2) is 21.6 Å². The van der Waals surface area contributed by atoms with Gasteiger partial charge in [0.2, 0.25) is 5.91 Å². The van der Waals surface area contributed by atoms with Gasteiger partial charge < -0.3 is 5.32 Å². The van der Waals surface area contributed by atoms with Gasteiger partial charge in [0.15, 0.2) is 10.9 Å². The van der Waals surface area contributed by atoms with Gasteiger partial charge in [0, 0.05) is 30.5 Å². The molecule has 0 bridgehead atoms. The second kappa shape index (κ2) is 8.08. The predicted molar refractivity (Wildman–Crippen MR) is 112 cm³/mol. The van der Waals surface area contributed by atoms with E-state index < -0.39 is 4.92 Å². The number of Topliss-reactive ketones (excluding diaryl/α,β-unsaturated/α-hetero) is 1. The summed E-state index contributed by atoms with van der Waals surface area (Å²) in [5.74, 6) is -0.349. The van der Waals surface area contributed by atoms with Crippen molar-refractivity contribution in [2.24, 2.45) is 0 Å². The van der Waals surface area contributed by atoms with Gasteiger partial charge in [0.25, 0.3) is 5.69 Å². The van der Waals surface area contributed by atoms with E-state index in [4.69, 9.17) is 0 Å². The van der Waals surface area contributed by atoms with Crippen LogP contribution >= 0.6 is 11.3 Å². The molecule has 0 saturated carbocycles. The molecule has 3 aromatic rings. The Kier molecular flexibility index (Phi) is 5.35. The minimum atomic E-state index is -0.469. The topological polar surface area (TPSA) is 102 Å². The Hall–Kier alpha value is -3.13. The summed E-state index contributed by atoms with van der Waals surface area (Å²) in [7, 11) is 0. The number of benzene rings is 2. The minimum Gasteiger partial charge on any atom is -0.302 e. The molecule has 1 aromatic heterocycles. The number of carbonyl (C=O) groups excluding carboxylic acids is 2. The molecule has 0 fully saturated rings. The summed E-state index contributed by atoms with van der Waals surface area (Å²) in [5.41, 5.74) is 3.79. The number of nitro groups is 1. The number of rotatable bonds is 6. The van der Waals surface area contributed by atoms with Gasteiger partial charge in [-0.3, -0.25) is 19.7 Å². The lowest BCUT2D eigenvalue weighted by Gasteiger charge is -2.16. The number of carbonyl (C=O) groups is 2. The van der Waals surface area contributed by atoms with E-state index in [1.807, 2.05) is 18.2 Å². The highest BCUT2D eigenvalue weighted by Gasteiger charge is 2.15. The zero-order valence-electron chi connectivity index (χ0n) is 15.6. The summed E-state index contributed by atoms with van der Waals surface area (Å²) in [6.45, 7) is 0. The molecule has 0 atom stereocenters. The summed E-state index contributed by atoms with van der Waals surface area (Å²) >= 11 is 1.17. The summed E-state index contributed by atoms with van der Waals surface area (Å²) in [4.78, 5) is 39.4. The monoisotopic (exact) mass is 409 g/mol. The number of amides is 1. The van der Waals surface area contributed by atoms with Crippen molar-refractivity contribution in [2.45, 2.75) is 38.5 Å². The molecule has 1 N–H and O–H groups in total. The van der Waals surface area contributed by atoms with Crippen LogP contribution in [0.3, 0.4) is 0 Å². The van der Waals surface area contributed by atoms with Crippen molar-refractivity contribution < 1.29 is 14.5 Å². The molecule has 0 unspecified atom stereocenters. The summed E-state index contributed by atoms with van der Waals surface area (Å²) in [6.07, 6.45) is 4.61. The number of aromatic nitrogens is 1. The van der Waals surface area contributed by atoms with Crippen LogP contribution < -0.4 is 5.32 Å². The van der Waals surface area contributed by atoms with Crippen molar-refractivity contribution in [3.05, 3.63) is 63.2 Å². The van der Waals surface area contributed by atoms with Gasteiger partial charge in [-0.25, -0.2) is 4.98 Å². The van der Waals surface area contributed by atoms with Crippen molar-refractivity contribution in [3.8, 4) is 0 Å². The second-order valence-corrected chi connectivity index (χ2v) is 8.12. The fourth-order valence-corrected chi connectivity index (χ4v) is 4.46. The van der Waals surface area contributed by atoms with E-state index >= 15 is 0 Å². The number of anilines is 1. The van der Waals surface area contributed by atoms with Crippen LogP contribution in [0.25, 0.3) is 10.2 Å². The highest BCUT2D eigenvalue weighted by atomic mass is 32.1. The lowest BCUT2D eigenvalue weighted by Crippen LogP contribution is -2.13. The van der Waals surface area contributed by atoms with E-state index in [0.29, 0.717) is 20.9 Å². The minimum absolute atomic E-state index is 0.0188. The SMILES string of the molecule is O=C(CCC(=O)c1ccc2c(c1)CCCC2)Nc1nc2ccc([N+](=O)[O-])cc2s1. The summed E-state index contributed by atoms with van der Waals surface area (Å²) in [5, 5.41) is 13.9. The van der Waals surface area contributed by atoms with E-state index in [9.17, 15) is 19.7 Å². The number of aryl methyl sites for hydroxylation is 2. The molecular formula is C21H19N3O4S. The first-order chi connectivity index (χ1) is 14.0. The van der Waals surface area contributed by atoms with E-state index in [1.165, 1.54) is 41.0 Å². The van der Waals surface area contributed by atoms with Crippen LogP contribution in [0.2, 0.25) is 0 Å². The Morgan fingerprint density at radius 1 is 1.07 bits per heavy atom. The maximum Gasteiger partial charge on any atom is 0.270 e. The van der Waals surface area contributed by atoms with Gasteiger partial charge >= 0.3 is 0 Å². The van der Waals surface area contributed by atoms with Crippen LogP contribution in [-0.2, 0) is 17.6 Å². The van der Waals surface area contributed by atoms with Crippen LogP contribution in [0, 0.1) is 10.1 Å². The molecule has 148 valence electrons. The number of fused-ring (bicyclic) bond motifs is 2. The number of nitro benzene ring substituents is 1. The molecule has 0 aliphatic heterocycles. The average Bonchev–Trinajstić information content (AvgIpc) is 3.12. The fraction of sp³-hybridized carbons (Fsp3) is 0.286. The van der Waals surface area contributed by atoms with E-state index in [-0.39, 0.29) is 30.2 Å². The highest BCUT2D eigenvalue weighted by Crippen LogP contribution is 2.29. The van der Waals surface area contributed by atoms with E-state index in [0.717, 1.165) is 19.3 Å². The second-order valence-electron chi connectivity index (χ2n) is 7.09. The normalized spacial score (nSPS) is 13.1. The Balaban J connectivity index is 1.36. The third-order valence-corrected chi connectivity index (χ3v) is 6.01. The number of thiazole rings is 1. The number of nitrogens with one attached hydrogen (secondary N) is 1. The Morgan fingerprint density at radius 2 is 1.86 bits per heavy atom. The van der Waals surface area contributed by atoms with Gasteiger partial charge in [0.1, 0.15) is 0 Å². The van der Waals surface area contributed by atoms with Crippen LogP contribution in [0.4, 0.5) is 10.8 Å². The van der Waals surface area contributed by atoms with E-state index in [1.54, 1.807) is 6.07 Å². The predicted octanol–water partition coefficient (Wildman–Crippen LogP) is 4.68. The first-order valence-corrected chi connectivity index (χ1v) is 10.3. The fourth-order valence-electron chi connectivity index (χ4n) is 3.54. The molecule has 8 heteroatoms. The molecule has 29 heavy (non-hydrogen) atoms. The third-order valence-electron chi connectivity index (χ3n) is 5.08. The first kappa shape index (κ1) is 19.2. The van der Waals surface area contributed by atoms with Crippen molar-refractivity contribution in [1.29, 1.82) is 0 Å². The molecule has 0 spiro atoms. The average molecular weight is 409 g/mol. The zero-order chi connectivity index (χ0) is 20.4. The largest absolute Gasteiger partial charge is 0.302 e. The van der Waals surface area contributed by atoms with Crippen LogP contribution in [0.5, 0.6) is 0 Å². The number of nitrogens with zero attached hydrogens (tertiary/aromatic N) is 2. The number of ketones is 1. The van der Waals surface area contributed by atoms with Gasteiger partial charge in [-0.2, -0.15) is 0 Å². The molecule has 2 aromatic carbocycles. The molecular weight excluding hydrogens is 390 g/mol. The lowest BCUT2D eigenvalue weighted by molar-refractivity contribution is -0.384. The molecule has 1 amide bonds. The highest BCUT2D eigenvalue weighted by molar-refractivity contribution is 7.22. The molecule has 1 aliphatic rings. The summed E-state index contributed by atoms with van der Waals surface area (Å²) in [6, 6.07) is 10.2. The number of hydrogen-bond donors (Lipinski definition) is 1. The first-order valence-electron chi connectivity index (χ1n) is 9.49. The van der Waals surface area contributed by atoms with Gasteiger partial charge in [-0.15, -0.1) is 0 Å². The van der Waals surface area contributed by atoms with E-state index in [2.05, 4.69) is 10.3 Å². The standard InChI is InChI=1S/C21H19N3O4S/c25-18(15-6-5-13-3-1-2-4-14(13)11-15)9-10-20(26)23-21-22-17-8-7-16(24(27)28)12-19(17)29-21/h5-8,11-12H,1-4,9-10H2,(H,22,23,26). The molecule has 0 radical (unpaired) electrons. The molecule has 0 saturated heterocycles. The smallest absolute Gasteiger partial charge is 0.270 e. The Bertz CT molecular complexity index is 1120. The van der Waals surface area contributed by atoms with Crippen molar-refractivity contribution in [1.82, 2.24) is 4.98 Å². The third kappa shape index (κ3) is 4.32. The molecule has 1 heterocycles. The van der Waals surface area contributed by atoms with Crippen molar-refractivity contribution in [2.75, 3.05) is 5.32 Å². The maximum atomic E-state index is 12.5. The van der Waals surface area contributed by atoms with Crippen LogP contribution in [0.15, 0.2) is 36.4 Å². The zero-order valence-corrected chi connectivity index (χ0v) is 16.5. The Morgan fingerprint density at radius 3 is 2.66 bits per heavy atom. The van der Waals surface area contributed by atoms with Crippen molar-refractivity contribution in [3.63, 3.8) is 0 Å². The number of hydrogen-bond acceptors (Lipinski definition) is 6. The van der Waals surface area contributed by atoms with Gasteiger partial charge in [-0.05, 0) is 48.9 Å².